The van der Waals surface area contributed by atoms with Gasteiger partial charge in [-0.05, 0) is 30.0 Å². The molecule has 1 aromatic carbocycles. The molecule has 0 aliphatic carbocycles. The average molecular weight is 297 g/mol. The molecule has 3 nitrogen and oxygen atoms in total. The Morgan fingerprint density at radius 1 is 1.32 bits per heavy atom. The highest BCUT2D eigenvalue weighted by Gasteiger charge is 2.54. The van der Waals surface area contributed by atoms with Crippen LogP contribution in [0.3, 0.4) is 0 Å². The van der Waals surface area contributed by atoms with Gasteiger partial charge in [0.25, 0.3) is 0 Å². The maximum Gasteiger partial charge on any atom is 0.130 e. The smallest absolute Gasteiger partial charge is 0.130 e. The second kappa shape index (κ2) is 4.29. The fraction of sp³-hybridized carbons (Fsp3) is 0.579. The third-order valence-corrected chi connectivity index (χ3v) is 6.98. The van der Waals surface area contributed by atoms with Gasteiger partial charge in [0, 0.05) is 42.1 Å². The van der Waals surface area contributed by atoms with Crippen LogP contribution in [0, 0.1) is 11.8 Å². The summed E-state index contributed by atoms with van der Waals surface area (Å²) in [5.74, 6) is 2.24. The molecule has 3 heteroatoms. The number of hydrogen-bond donors (Lipinski definition) is 2. The number of aromatic amines is 1. The summed E-state index contributed by atoms with van der Waals surface area (Å²) < 4.78 is 1.33. The monoisotopic (exact) mass is 297 g/mol. The molecular weight excluding hydrogens is 272 g/mol. The van der Waals surface area contributed by atoms with Gasteiger partial charge in [-0.2, -0.15) is 0 Å². The highest BCUT2D eigenvalue weighted by Crippen LogP contribution is 2.53. The largest absolute Gasteiger partial charge is 0.508 e. The highest BCUT2D eigenvalue weighted by molar-refractivity contribution is 5.86. The third kappa shape index (κ3) is 1.55. The SMILES string of the molecule is CC[C@H]1C[N+]23CCc4c([nH]c5cc(O)ccc45)[C@@H]2C[C@@H]1CC3. The van der Waals surface area contributed by atoms with Gasteiger partial charge in [0.15, 0.2) is 0 Å². The first-order valence-corrected chi connectivity index (χ1v) is 8.89. The molecule has 3 saturated heterocycles. The lowest BCUT2D eigenvalue weighted by Gasteiger charge is -2.59. The van der Waals surface area contributed by atoms with Crippen LogP contribution >= 0.6 is 0 Å². The molecule has 0 saturated carbocycles. The van der Waals surface area contributed by atoms with Crippen LogP contribution in [-0.2, 0) is 6.42 Å². The zero-order valence-corrected chi connectivity index (χ0v) is 13.3. The van der Waals surface area contributed by atoms with Gasteiger partial charge >= 0.3 is 0 Å². The molecule has 4 aliphatic heterocycles. The van der Waals surface area contributed by atoms with Crippen molar-refractivity contribution in [1.29, 1.82) is 0 Å². The second-order valence-corrected chi connectivity index (χ2v) is 7.81. The van der Waals surface area contributed by atoms with E-state index in [1.807, 2.05) is 12.1 Å². The molecule has 1 unspecified atom stereocenters. The molecule has 22 heavy (non-hydrogen) atoms. The number of fused-ring (bicyclic) bond motifs is 5. The number of piperidine rings is 3. The van der Waals surface area contributed by atoms with Crippen molar-refractivity contribution in [3.63, 3.8) is 0 Å². The molecule has 2 aromatic rings. The van der Waals surface area contributed by atoms with Crippen molar-refractivity contribution < 1.29 is 9.59 Å². The van der Waals surface area contributed by atoms with E-state index in [1.165, 1.54) is 66.4 Å². The summed E-state index contributed by atoms with van der Waals surface area (Å²) in [5, 5.41) is 11.1. The Kier molecular flexibility index (Phi) is 2.53. The van der Waals surface area contributed by atoms with E-state index in [9.17, 15) is 5.11 Å². The number of quaternary nitrogens is 1. The number of phenols is 1. The normalized spacial score (nSPS) is 36.3. The summed E-state index contributed by atoms with van der Waals surface area (Å²) in [4.78, 5) is 3.69. The Morgan fingerprint density at radius 2 is 2.23 bits per heavy atom. The van der Waals surface area contributed by atoms with Crippen molar-refractivity contribution in [2.45, 2.75) is 38.6 Å². The Bertz CT molecular complexity index is 749. The summed E-state index contributed by atoms with van der Waals surface area (Å²) >= 11 is 0. The van der Waals surface area contributed by atoms with Gasteiger partial charge in [0.05, 0.1) is 25.3 Å². The van der Waals surface area contributed by atoms with Gasteiger partial charge in [-0.25, -0.2) is 0 Å². The zero-order valence-electron chi connectivity index (χ0n) is 13.3. The molecule has 2 N–H and O–H groups in total. The summed E-state index contributed by atoms with van der Waals surface area (Å²) in [7, 11) is 0. The van der Waals surface area contributed by atoms with Crippen LogP contribution in [0.1, 0.15) is 43.5 Å². The van der Waals surface area contributed by atoms with Crippen molar-refractivity contribution in [3.8, 4) is 5.75 Å². The quantitative estimate of drug-likeness (QED) is 0.773. The number of nitrogens with zero attached hydrogens (tertiary/aromatic N) is 1. The molecule has 4 aliphatic rings. The van der Waals surface area contributed by atoms with Crippen LogP contribution in [-0.4, -0.2) is 34.2 Å². The van der Waals surface area contributed by atoms with E-state index < -0.39 is 0 Å². The number of hydrogen-bond acceptors (Lipinski definition) is 1. The predicted octanol–water partition coefficient (Wildman–Crippen LogP) is 3.74. The van der Waals surface area contributed by atoms with Crippen LogP contribution < -0.4 is 0 Å². The van der Waals surface area contributed by atoms with Crippen molar-refractivity contribution in [1.82, 2.24) is 4.98 Å². The highest BCUT2D eigenvalue weighted by atomic mass is 16.3. The fourth-order valence-corrected chi connectivity index (χ4v) is 5.84. The van der Waals surface area contributed by atoms with E-state index in [2.05, 4.69) is 18.0 Å². The predicted molar refractivity (Wildman–Crippen MR) is 87.8 cm³/mol. The third-order valence-electron chi connectivity index (χ3n) is 6.98. The summed E-state index contributed by atoms with van der Waals surface area (Å²) in [6.07, 6.45) is 5.35. The number of nitrogens with one attached hydrogen (secondary N) is 1. The van der Waals surface area contributed by atoms with Crippen LogP contribution in [0.15, 0.2) is 18.2 Å². The Morgan fingerprint density at radius 3 is 3.09 bits per heavy atom. The van der Waals surface area contributed by atoms with Gasteiger partial charge in [0.2, 0.25) is 0 Å². The lowest BCUT2D eigenvalue weighted by atomic mass is 9.70. The molecule has 6 rings (SSSR count). The van der Waals surface area contributed by atoms with Crippen LogP contribution in [0.5, 0.6) is 5.75 Å². The summed E-state index contributed by atoms with van der Waals surface area (Å²) in [6.45, 7) is 6.47. The molecule has 1 aromatic heterocycles. The van der Waals surface area contributed by atoms with Gasteiger partial charge < -0.3 is 14.6 Å². The molecule has 5 heterocycles. The van der Waals surface area contributed by atoms with E-state index in [-0.39, 0.29) is 0 Å². The number of benzene rings is 1. The van der Waals surface area contributed by atoms with E-state index in [1.54, 1.807) is 0 Å². The molecule has 4 atom stereocenters. The standard InChI is InChI=1S/C19H24N2O/c1-2-12-11-21-7-5-13(12)9-18(21)19-16(6-8-21)15-4-3-14(22)10-17(15)20-19/h3-4,10,12-13,18,20H,2,5-9,11H2,1H3/p+1/t12-,13-,18-,21?/m0/s1. The van der Waals surface area contributed by atoms with Gasteiger partial charge in [-0.1, -0.05) is 6.92 Å². The minimum atomic E-state index is 0.367. The Balaban J connectivity index is 1.64. The Labute approximate surface area is 131 Å². The van der Waals surface area contributed by atoms with E-state index in [0.717, 1.165) is 17.4 Å². The second-order valence-electron chi connectivity index (χ2n) is 7.81. The minimum Gasteiger partial charge on any atom is -0.508 e. The van der Waals surface area contributed by atoms with Crippen molar-refractivity contribution >= 4 is 10.9 Å². The van der Waals surface area contributed by atoms with Crippen molar-refractivity contribution in [2.75, 3.05) is 19.6 Å². The van der Waals surface area contributed by atoms with Gasteiger partial charge in [-0.3, -0.25) is 0 Å². The number of H-pyrrole nitrogens is 1. The lowest BCUT2D eigenvalue weighted by Crippen LogP contribution is -2.65. The molecule has 3 fully saturated rings. The van der Waals surface area contributed by atoms with Crippen LogP contribution in [0.4, 0.5) is 0 Å². The first-order valence-electron chi connectivity index (χ1n) is 8.89. The minimum absolute atomic E-state index is 0.367. The summed E-state index contributed by atoms with van der Waals surface area (Å²) in [6, 6.07) is 6.50. The topological polar surface area (TPSA) is 36.0 Å². The maximum absolute atomic E-state index is 9.77. The summed E-state index contributed by atoms with van der Waals surface area (Å²) in [5.41, 5.74) is 4.15. The van der Waals surface area contributed by atoms with Gasteiger partial charge in [0.1, 0.15) is 11.8 Å². The maximum atomic E-state index is 9.77. The zero-order chi connectivity index (χ0) is 14.9. The van der Waals surface area contributed by atoms with Crippen molar-refractivity contribution in [2.24, 2.45) is 11.8 Å². The number of aromatic hydroxyl groups is 1. The average Bonchev–Trinajstić information content (AvgIpc) is 2.91. The van der Waals surface area contributed by atoms with E-state index in [0.29, 0.717) is 11.8 Å². The molecule has 2 bridgehead atoms. The van der Waals surface area contributed by atoms with E-state index >= 15 is 0 Å². The number of rotatable bonds is 1. The molecule has 116 valence electrons. The molecule has 1 spiro atoms. The lowest BCUT2D eigenvalue weighted by molar-refractivity contribution is -0.978. The molecular formula is C19H25N2O+. The van der Waals surface area contributed by atoms with Crippen LogP contribution in [0.2, 0.25) is 0 Å². The number of aromatic nitrogens is 1. The first-order chi connectivity index (χ1) is 10.7. The van der Waals surface area contributed by atoms with Crippen LogP contribution in [0.25, 0.3) is 10.9 Å². The first kappa shape index (κ1) is 13.0. The fourth-order valence-electron chi connectivity index (χ4n) is 5.84. The van der Waals surface area contributed by atoms with Crippen molar-refractivity contribution in [3.05, 3.63) is 29.5 Å². The number of phenolic OH excluding ortho intramolecular Hbond substituents is 1. The molecule has 0 radical (unpaired) electrons. The Hall–Kier alpha value is -1.48. The molecule has 0 amide bonds. The van der Waals surface area contributed by atoms with Gasteiger partial charge in [-0.15, -0.1) is 0 Å². The van der Waals surface area contributed by atoms with E-state index in [4.69, 9.17) is 0 Å².